The largest absolute Gasteiger partial charge is 0.368 e. The van der Waals surface area contributed by atoms with Crippen molar-refractivity contribution in [3.8, 4) is 0 Å². The molecule has 0 bridgehead atoms. The van der Waals surface area contributed by atoms with E-state index in [1.807, 2.05) is 20.2 Å². The van der Waals surface area contributed by atoms with E-state index in [1.54, 1.807) is 16.2 Å². The Bertz CT molecular complexity index is 915. The highest BCUT2D eigenvalue weighted by Crippen LogP contribution is 2.21. The highest BCUT2D eigenvalue weighted by Gasteiger charge is 2.11. The highest BCUT2D eigenvalue weighted by atomic mass is 32.1. The van der Waals surface area contributed by atoms with Crippen LogP contribution in [0.15, 0.2) is 17.2 Å². The number of nitrogens with two attached hydrogens (primary N) is 1. The number of hydrogen-bond donors (Lipinski definition) is 1. The number of nitrogen functional groups attached to an aromatic ring is 1. The lowest BCUT2D eigenvalue weighted by molar-refractivity contribution is 0.701. The van der Waals surface area contributed by atoms with Crippen LogP contribution < -0.4 is 16.2 Å². The minimum Gasteiger partial charge on any atom is -0.368 e. The molecule has 9 heteroatoms. The van der Waals surface area contributed by atoms with Crippen LogP contribution in [0.3, 0.4) is 0 Å². The van der Waals surface area contributed by atoms with Crippen molar-refractivity contribution < 1.29 is 0 Å². The predicted molar refractivity (Wildman–Crippen MR) is 90.9 cm³/mol. The monoisotopic (exact) mass is 331 g/mol. The molecular formula is C14H17N7OS. The first-order valence-corrected chi connectivity index (χ1v) is 7.95. The zero-order valence-corrected chi connectivity index (χ0v) is 14.0. The summed E-state index contributed by atoms with van der Waals surface area (Å²) >= 11 is 1.54. The van der Waals surface area contributed by atoms with Crippen molar-refractivity contribution in [1.82, 2.24) is 24.5 Å². The third kappa shape index (κ3) is 3.00. The van der Waals surface area contributed by atoms with Gasteiger partial charge < -0.3 is 10.6 Å². The lowest BCUT2D eigenvalue weighted by atomic mass is 10.3. The first-order chi connectivity index (χ1) is 11.0. The Labute approximate surface area is 136 Å². The van der Waals surface area contributed by atoms with Gasteiger partial charge in [0.05, 0.1) is 18.3 Å². The van der Waals surface area contributed by atoms with Gasteiger partial charge in [-0.2, -0.15) is 15.0 Å². The van der Waals surface area contributed by atoms with Crippen molar-refractivity contribution in [3.05, 3.63) is 33.4 Å². The Morgan fingerprint density at radius 2 is 2.09 bits per heavy atom. The number of fused-ring (bicyclic) bond motifs is 1. The van der Waals surface area contributed by atoms with Gasteiger partial charge in [0, 0.05) is 19.0 Å². The topological polar surface area (TPSA) is 103 Å². The number of nitrogens with zero attached hydrogens (tertiary/aromatic N) is 6. The minimum atomic E-state index is -0.101. The quantitative estimate of drug-likeness (QED) is 0.757. The van der Waals surface area contributed by atoms with Crippen LogP contribution in [0.4, 0.5) is 11.9 Å². The summed E-state index contributed by atoms with van der Waals surface area (Å²) in [5, 5.41) is 0.629. The average Bonchev–Trinajstić information content (AvgIpc) is 2.94. The number of anilines is 2. The predicted octanol–water partition coefficient (Wildman–Crippen LogP) is 0.902. The van der Waals surface area contributed by atoms with Gasteiger partial charge in [-0.15, -0.1) is 11.3 Å². The van der Waals surface area contributed by atoms with E-state index in [-0.39, 0.29) is 18.1 Å². The van der Waals surface area contributed by atoms with Crippen LogP contribution in [0.1, 0.15) is 17.6 Å². The van der Waals surface area contributed by atoms with Crippen LogP contribution in [0.2, 0.25) is 0 Å². The van der Waals surface area contributed by atoms with E-state index in [1.165, 1.54) is 10.9 Å². The fourth-order valence-electron chi connectivity index (χ4n) is 2.14. The molecule has 0 aliphatic carbocycles. The Kier molecular flexibility index (Phi) is 3.95. The van der Waals surface area contributed by atoms with Gasteiger partial charge in [-0.25, -0.2) is 4.98 Å². The van der Waals surface area contributed by atoms with Crippen LogP contribution in [-0.4, -0.2) is 38.6 Å². The Balaban J connectivity index is 2.01. The normalized spacial score (nSPS) is 11.1. The molecule has 0 fully saturated rings. The maximum Gasteiger partial charge on any atom is 0.262 e. The summed E-state index contributed by atoms with van der Waals surface area (Å²) in [6.45, 7) is 2.26. The lowest BCUT2D eigenvalue weighted by Gasteiger charge is -2.11. The number of thiophene rings is 1. The van der Waals surface area contributed by atoms with Crippen LogP contribution in [0.25, 0.3) is 10.2 Å². The van der Waals surface area contributed by atoms with Crippen molar-refractivity contribution in [3.63, 3.8) is 0 Å². The standard InChI is InChI=1S/C14H17N7OS/c1-4-8-5-9-11(23-8)16-7-21(12(9)22)6-10-17-13(15)19-14(18-10)20(2)3/h5,7H,4,6H2,1-3H3,(H2,15,17,18,19). The van der Waals surface area contributed by atoms with Crippen molar-refractivity contribution in [2.45, 2.75) is 19.9 Å². The Hall–Kier alpha value is -2.55. The molecule has 3 aromatic rings. The summed E-state index contributed by atoms with van der Waals surface area (Å²) in [4.78, 5) is 33.0. The van der Waals surface area contributed by atoms with Gasteiger partial charge in [0.15, 0.2) is 5.82 Å². The first-order valence-electron chi connectivity index (χ1n) is 7.13. The van der Waals surface area contributed by atoms with E-state index in [0.717, 1.165) is 16.1 Å². The first kappa shape index (κ1) is 15.3. The van der Waals surface area contributed by atoms with Crippen LogP contribution in [0.5, 0.6) is 0 Å². The van der Waals surface area contributed by atoms with Gasteiger partial charge in [0.1, 0.15) is 4.83 Å². The molecular weight excluding hydrogens is 314 g/mol. The zero-order chi connectivity index (χ0) is 16.6. The number of aryl methyl sites for hydroxylation is 1. The van der Waals surface area contributed by atoms with Crippen molar-refractivity contribution in [1.29, 1.82) is 0 Å². The second-order valence-corrected chi connectivity index (χ2v) is 6.38. The highest BCUT2D eigenvalue weighted by molar-refractivity contribution is 7.18. The molecule has 0 radical (unpaired) electrons. The van der Waals surface area contributed by atoms with E-state index in [2.05, 4.69) is 26.9 Å². The summed E-state index contributed by atoms with van der Waals surface area (Å²) in [7, 11) is 3.63. The van der Waals surface area contributed by atoms with E-state index in [4.69, 9.17) is 5.73 Å². The van der Waals surface area contributed by atoms with Crippen LogP contribution >= 0.6 is 11.3 Å². The molecule has 0 aliphatic rings. The molecule has 0 amide bonds. The number of hydrogen-bond acceptors (Lipinski definition) is 8. The third-order valence-electron chi connectivity index (χ3n) is 3.32. The summed E-state index contributed by atoms with van der Waals surface area (Å²) in [5.74, 6) is 1.01. The van der Waals surface area contributed by atoms with E-state index < -0.39 is 0 Å². The van der Waals surface area contributed by atoms with Gasteiger partial charge in [-0.05, 0) is 12.5 Å². The number of aromatic nitrogens is 5. The SMILES string of the molecule is CCc1cc2c(=O)n(Cc3nc(N)nc(N(C)C)n3)cnc2s1. The Morgan fingerprint density at radius 1 is 1.30 bits per heavy atom. The molecule has 3 heterocycles. The molecule has 0 unspecified atom stereocenters. The summed E-state index contributed by atoms with van der Waals surface area (Å²) < 4.78 is 1.49. The minimum absolute atomic E-state index is 0.101. The summed E-state index contributed by atoms with van der Waals surface area (Å²) in [6.07, 6.45) is 2.41. The van der Waals surface area contributed by atoms with E-state index in [0.29, 0.717) is 17.2 Å². The molecule has 0 spiro atoms. The second-order valence-electron chi connectivity index (χ2n) is 5.27. The molecule has 0 saturated carbocycles. The fourth-order valence-corrected chi connectivity index (χ4v) is 3.07. The molecule has 120 valence electrons. The molecule has 0 atom stereocenters. The lowest BCUT2D eigenvalue weighted by Crippen LogP contribution is -2.23. The molecule has 0 aromatic carbocycles. The van der Waals surface area contributed by atoms with E-state index >= 15 is 0 Å². The van der Waals surface area contributed by atoms with Gasteiger partial charge >= 0.3 is 0 Å². The van der Waals surface area contributed by atoms with Crippen LogP contribution in [-0.2, 0) is 13.0 Å². The van der Waals surface area contributed by atoms with Crippen molar-refractivity contribution in [2.24, 2.45) is 0 Å². The Morgan fingerprint density at radius 3 is 2.78 bits per heavy atom. The second kappa shape index (κ2) is 5.92. The zero-order valence-electron chi connectivity index (χ0n) is 13.1. The van der Waals surface area contributed by atoms with Gasteiger partial charge in [0.2, 0.25) is 11.9 Å². The molecule has 23 heavy (non-hydrogen) atoms. The summed E-state index contributed by atoms with van der Waals surface area (Å²) in [5.41, 5.74) is 5.61. The molecule has 0 aliphatic heterocycles. The van der Waals surface area contributed by atoms with Crippen molar-refractivity contribution in [2.75, 3.05) is 24.7 Å². The molecule has 0 saturated heterocycles. The van der Waals surface area contributed by atoms with Gasteiger partial charge in [-0.1, -0.05) is 6.92 Å². The molecule has 3 aromatic heterocycles. The van der Waals surface area contributed by atoms with Gasteiger partial charge in [-0.3, -0.25) is 9.36 Å². The molecule has 2 N–H and O–H groups in total. The maximum absolute atomic E-state index is 12.6. The van der Waals surface area contributed by atoms with Gasteiger partial charge in [0.25, 0.3) is 5.56 Å². The molecule has 3 rings (SSSR count). The fraction of sp³-hybridized carbons (Fsp3) is 0.357. The van der Waals surface area contributed by atoms with Crippen molar-refractivity contribution >= 4 is 33.5 Å². The number of rotatable bonds is 4. The van der Waals surface area contributed by atoms with Crippen LogP contribution in [0, 0.1) is 0 Å². The van der Waals surface area contributed by atoms with E-state index in [9.17, 15) is 4.79 Å². The summed E-state index contributed by atoms with van der Waals surface area (Å²) in [6, 6.07) is 1.90. The smallest absolute Gasteiger partial charge is 0.262 e. The maximum atomic E-state index is 12.6. The third-order valence-corrected chi connectivity index (χ3v) is 4.50. The average molecular weight is 331 g/mol. The molecule has 8 nitrogen and oxygen atoms in total.